The highest BCUT2D eigenvalue weighted by Crippen LogP contribution is 2.42. The third-order valence-corrected chi connectivity index (χ3v) is 6.05. The van der Waals surface area contributed by atoms with Crippen LogP contribution in [0.2, 0.25) is 0 Å². The Balaban J connectivity index is 2.01. The zero-order chi connectivity index (χ0) is 15.5. The van der Waals surface area contributed by atoms with Crippen LogP contribution in [0.25, 0.3) is 0 Å². The van der Waals surface area contributed by atoms with E-state index in [0.29, 0.717) is 5.25 Å². The fraction of sp³-hybridized carbons (Fsp3) is 0.769. The first-order valence-electron chi connectivity index (χ1n) is 7.01. The van der Waals surface area contributed by atoms with Crippen LogP contribution in [0, 0.1) is 0 Å². The molecule has 1 aliphatic rings. The van der Waals surface area contributed by atoms with Crippen molar-refractivity contribution >= 4 is 34.2 Å². The van der Waals surface area contributed by atoms with E-state index in [2.05, 4.69) is 15.5 Å². The Morgan fingerprint density at radius 2 is 2.33 bits per heavy atom. The van der Waals surface area contributed by atoms with Crippen LogP contribution in [0.4, 0.5) is 5.13 Å². The minimum Gasteiger partial charge on any atom is -0.468 e. The van der Waals surface area contributed by atoms with Crippen molar-refractivity contribution in [3.63, 3.8) is 0 Å². The molecule has 6 nitrogen and oxygen atoms in total. The van der Waals surface area contributed by atoms with Crippen molar-refractivity contribution in [3.05, 3.63) is 0 Å². The smallest absolute Gasteiger partial charge is 0.326 e. The molecule has 2 atom stereocenters. The second-order valence-corrected chi connectivity index (χ2v) is 7.84. The van der Waals surface area contributed by atoms with Crippen LogP contribution in [0.5, 0.6) is 0 Å². The SMILES string of the molecule is CCNC1(C(=O)OC)CCC(Sc2nnc(N(C)C)s2)C1. The predicted molar refractivity (Wildman–Crippen MR) is 86.2 cm³/mol. The second kappa shape index (κ2) is 6.93. The number of nitrogens with zero attached hydrogens (tertiary/aromatic N) is 3. The van der Waals surface area contributed by atoms with Gasteiger partial charge in [0.2, 0.25) is 5.13 Å². The number of aromatic nitrogens is 2. The van der Waals surface area contributed by atoms with E-state index in [1.165, 1.54) is 7.11 Å². The summed E-state index contributed by atoms with van der Waals surface area (Å²) in [5.74, 6) is -0.154. The third-order valence-electron chi connectivity index (χ3n) is 3.61. The van der Waals surface area contributed by atoms with Crippen molar-refractivity contribution < 1.29 is 9.53 Å². The quantitative estimate of drug-likeness (QED) is 0.797. The van der Waals surface area contributed by atoms with Gasteiger partial charge in [0.05, 0.1) is 7.11 Å². The summed E-state index contributed by atoms with van der Waals surface area (Å²) >= 11 is 3.30. The maximum atomic E-state index is 12.1. The van der Waals surface area contributed by atoms with Gasteiger partial charge in [-0.3, -0.25) is 4.79 Å². The monoisotopic (exact) mass is 330 g/mol. The number of hydrogen-bond donors (Lipinski definition) is 1. The molecule has 0 radical (unpaired) electrons. The topological polar surface area (TPSA) is 67.3 Å². The molecule has 1 heterocycles. The highest BCUT2D eigenvalue weighted by Gasteiger charge is 2.46. The molecule has 8 heteroatoms. The van der Waals surface area contributed by atoms with Gasteiger partial charge in [-0.15, -0.1) is 10.2 Å². The van der Waals surface area contributed by atoms with Gasteiger partial charge < -0.3 is 15.0 Å². The molecule has 118 valence electrons. The van der Waals surface area contributed by atoms with E-state index in [4.69, 9.17) is 4.74 Å². The summed E-state index contributed by atoms with van der Waals surface area (Å²) in [6, 6.07) is 0. The van der Waals surface area contributed by atoms with Gasteiger partial charge in [0.1, 0.15) is 5.54 Å². The molecule has 1 fully saturated rings. The van der Waals surface area contributed by atoms with E-state index in [9.17, 15) is 4.79 Å². The summed E-state index contributed by atoms with van der Waals surface area (Å²) in [5.41, 5.74) is -0.532. The molecule has 21 heavy (non-hydrogen) atoms. The number of ether oxygens (including phenoxy) is 1. The maximum absolute atomic E-state index is 12.1. The average Bonchev–Trinajstić information content (AvgIpc) is 3.07. The van der Waals surface area contributed by atoms with Crippen LogP contribution < -0.4 is 10.2 Å². The van der Waals surface area contributed by atoms with E-state index < -0.39 is 5.54 Å². The molecule has 2 rings (SSSR count). The van der Waals surface area contributed by atoms with Crippen LogP contribution in [0.1, 0.15) is 26.2 Å². The minimum atomic E-state index is -0.532. The fourth-order valence-corrected chi connectivity index (χ4v) is 4.93. The van der Waals surface area contributed by atoms with Crippen LogP contribution in [-0.2, 0) is 9.53 Å². The van der Waals surface area contributed by atoms with Crippen LogP contribution >= 0.6 is 23.1 Å². The number of esters is 1. The highest BCUT2D eigenvalue weighted by atomic mass is 32.2. The van der Waals surface area contributed by atoms with Gasteiger partial charge in [0, 0.05) is 19.3 Å². The van der Waals surface area contributed by atoms with E-state index in [1.807, 2.05) is 25.9 Å². The number of thioether (sulfide) groups is 1. The van der Waals surface area contributed by atoms with E-state index in [-0.39, 0.29) is 5.97 Å². The number of carbonyl (C=O) groups is 1. The Kier molecular flexibility index (Phi) is 5.45. The molecule has 0 aromatic carbocycles. The van der Waals surface area contributed by atoms with E-state index in [0.717, 1.165) is 35.3 Å². The highest BCUT2D eigenvalue weighted by molar-refractivity contribution is 8.01. The zero-order valence-electron chi connectivity index (χ0n) is 12.9. The second-order valence-electron chi connectivity index (χ2n) is 5.33. The van der Waals surface area contributed by atoms with Crippen molar-refractivity contribution in [1.29, 1.82) is 0 Å². The lowest BCUT2D eigenvalue weighted by molar-refractivity contribution is -0.148. The molecule has 2 unspecified atom stereocenters. The van der Waals surface area contributed by atoms with Gasteiger partial charge in [-0.2, -0.15) is 0 Å². The van der Waals surface area contributed by atoms with Crippen LogP contribution in [0.3, 0.4) is 0 Å². The molecule has 1 aromatic heterocycles. The van der Waals surface area contributed by atoms with Gasteiger partial charge in [-0.05, 0) is 25.8 Å². The molecule has 0 spiro atoms. The largest absolute Gasteiger partial charge is 0.468 e. The summed E-state index contributed by atoms with van der Waals surface area (Å²) < 4.78 is 5.94. The van der Waals surface area contributed by atoms with Crippen molar-refractivity contribution in [2.24, 2.45) is 0 Å². The van der Waals surface area contributed by atoms with Gasteiger partial charge >= 0.3 is 5.97 Å². The number of nitrogens with one attached hydrogen (secondary N) is 1. The number of rotatable bonds is 6. The minimum absolute atomic E-state index is 0.154. The number of likely N-dealkylation sites (N-methyl/N-ethyl adjacent to an activating group) is 1. The number of anilines is 1. The first-order chi connectivity index (χ1) is 10.0. The summed E-state index contributed by atoms with van der Waals surface area (Å²) in [4.78, 5) is 14.0. The summed E-state index contributed by atoms with van der Waals surface area (Å²) in [5, 5.41) is 13.0. The number of carbonyl (C=O) groups excluding carboxylic acids is 1. The maximum Gasteiger partial charge on any atom is 0.326 e. The molecule has 1 saturated carbocycles. The predicted octanol–water partition coefficient (Wildman–Crippen LogP) is 1.77. The van der Waals surface area contributed by atoms with E-state index in [1.54, 1.807) is 23.1 Å². The standard InChI is InChI=1S/C13H22N4O2S2/c1-5-14-13(10(18)19-4)7-6-9(8-13)20-12-16-15-11(21-12)17(2)3/h9,14H,5-8H2,1-4H3. The Labute approximate surface area is 133 Å². The number of methoxy groups -OCH3 is 1. The molecule has 1 aliphatic carbocycles. The Bertz CT molecular complexity index is 494. The Hall–Kier alpha value is -0.860. The molecule has 0 amide bonds. The van der Waals surface area contributed by atoms with Crippen molar-refractivity contribution in [3.8, 4) is 0 Å². The molecule has 0 bridgehead atoms. The summed E-state index contributed by atoms with van der Waals surface area (Å²) in [6.45, 7) is 2.77. The normalized spacial score (nSPS) is 25.0. The van der Waals surface area contributed by atoms with Gasteiger partial charge in [0.15, 0.2) is 4.34 Å². The van der Waals surface area contributed by atoms with Crippen LogP contribution in [-0.4, -0.2) is 54.7 Å². The number of hydrogen-bond acceptors (Lipinski definition) is 8. The lowest BCUT2D eigenvalue weighted by Crippen LogP contribution is -2.50. The molecular formula is C13H22N4O2S2. The molecule has 1 aromatic rings. The molecule has 1 N–H and O–H groups in total. The Morgan fingerprint density at radius 1 is 1.57 bits per heavy atom. The fourth-order valence-electron chi connectivity index (χ4n) is 2.63. The first kappa shape index (κ1) is 16.5. The van der Waals surface area contributed by atoms with Gasteiger partial charge in [-0.25, -0.2) is 0 Å². The molecule has 0 saturated heterocycles. The molecular weight excluding hydrogens is 308 g/mol. The van der Waals surface area contributed by atoms with Gasteiger partial charge in [-0.1, -0.05) is 30.0 Å². The van der Waals surface area contributed by atoms with Crippen LogP contribution in [0.15, 0.2) is 4.34 Å². The van der Waals surface area contributed by atoms with Crippen molar-refractivity contribution in [1.82, 2.24) is 15.5 Å². The molecule has 0 aliphatic heterocycles. The first-order valence-corrected chi connectivity index (χ1v) is 8.71. The van der Waals surface area contributed by atoms with Crippen molar-refractivity contribution in [2.45, 2.75) is 41.3 Å². The third kappa shape index (κ3) is 3.67. The summed E-state index contributed by atoms with van der Waals surface area (Å²) in [6.07, 6.45) is 2.56. The van der Waals surface area contributed by atoms with Gasteiger partial charge in [0.25, 0.3) is 0 Å². The summed E-state index contributed by atoms with van der Waals surface area (Å²) in [7, 11) is 5.37. The lowest BCUT2D eigenvalue weighted by atomic mass is 9.98. The lowest BCUT2D eigenvalue weighted by Gasteiger charge is -2.27. The van der Waals surface area contributed by atoms with Crippen molar-refractivity contribution in [2.75, 3.05) is 32.6 Å². The zero-order valence-corrected chi connectivity index (χ0v) is 14.5. The van der Waals surface area contributed by atoms with E-state index >= 15 is 0 Å². The Morgan fingerprint density at radius 3 is 2.90 bits per heavy atom. The average molecular weight is 330 g/mol.